The third-order valence-corrected chi connectivity index (χ3v) is 7.31. The van der Waals surface area contributed by atoms with Crippen LogP contribution in [0.3, 0.4) is 0 Å². The van der Waals surface area contributed by atoms with Crippen LogP contribution in [0.5, 0.6) is 11.5 Å². The largest absolute Gasteiger partial charge is 0.497 e. The molecule has 0 fully saturated rings. The van der Waals surface area contributed by atoms with E-state index in [0.29, 0.717) is 60.7 Å². The van der Waals surface area contributed by atoms with Crippen molar-refractivity contribution in [2.45, 2.75) is 38.6 Å². The lowest BCUT2D eigenvalue weighted by Gasteiger charge is -2.23. The third-order valence-electron chi connectivity index (χ3n) is 7.31. The molecule has 8 nitrogen and oxygen atoms in total. The summed E-state index contributed by atoms with van der Waals surface area (Å²) in [4.78, 5) is 40.6. The molecular weight excluding hydrogens is 568 g/mol. The van der Waals surface area contributed by atoms with Crippen LogP contribution in [0.4, 0.5) is 11.4 Å². The maximum atomic E-state index is 13.2. The van der Waals surface area contributed by atoms with Crippen molar-refractivity contribution >= 4 is 29.0 Å². The fourth-order valence-electron chi connectivity index (χ4n) is 4.97. The first-order valence-corrected chi connectivity index (χ1v) is 15.1. The molecule has 1 unspecified atom stereocenters. The highest BCUT2D eigenvalue weighted by atomic mass is 16.5. The first kappa shape index (κ1) is 32.8. The number of rotatable bonds is 16. The van der Waals surface area contributed by atoms with Gasteiger partial charge in [0.2, 0.25) is 5.91 Å². The van der Waals surface area contributed by atoms with Crippen molar-refractivity contribution in [1.82, 2.24) is 0 Å². The fourth-order valence-corrected chi connectivity index (χ4v) is 4.97. The van der Waals surface area contributed by atoms with Gasteiger partial charge >= 0.3 is 5.97 Å². The van der Waals surface area contributed by atoms with Gasteiger partial charge < -0.3 is 24.4 Å². The van der Waals surface area contributed by atoms with E-state index in [2.05, 4.69) is 5.32 Å². The van der Waals surface area contributed by atoms with Crippen LogP contribution in [-0.4, -0.2) is 51.1 Å². The Hall–Kier alpha value is -5.11. The molecule has 1 amide bonds. The number of esters is 1. The van der Waals surface area contributed by atoms with Crippen LogP contribution in [0.1, 0.15) is 47.7 Å². The molecule has 1 atom stereocenters. The highest BCUT2D eigenvalue weighted by molar-refractivity contribution is 6.12. The number of ketones is 1. The first-order chi connectivity index (χ1) is 21.9. The number of ether oxygens (including phenoxy) is 3. The summed E-state index contributed by atoms with van der Waals surface area (Å²) >= 11 is 0. The minimum absolute atomic E-state index is 0.0657. The predicted molar refractivity (Wildman–Crippen MR) is 176 cm³/mol. The Balaban J connectivity index is 1.37. The second kappa shape index (κ2) is 16.7. The molecule has 1 N–H and O–H groups in total. The van der Waals surface area contributed by atoms with Crippen LogP contribution >= 0.6 is 0 Å². The Bertz CT molecular complexity index is 1550. The Morgan fingerprint density at radius 1 is 0.822 bits per heavy atom. The number of hydrogen-bond donors (Lipinski definition) is 1. The number of benzene rings is 4. The van der Waals surface area contributed by atoms with Crippen molar-refractivity contribution in [1.29, 1.82) is 0 Å². The van der Waals surface area contributed by atoms with Gasteiger partial charge in [0.05, 0.1) is 20.8 Å². The first-order valence-electron chi connectivity index (χ1n) is 15.1. The van der Waals surface area contributed by atoms with Crippen LogP contribution in [0.2, 0.25) is 0 Å². The molecule has 0 aromatic heterocycles. The number of carbonyl (C=O) groups excluding carboxylic acids is 3. The van der Waals surface area contributed by atoms with E-state index < -0.39 is 12.0 Å². The lowest BCUT2D eigenvalue weighted by atomic mass is 10.00. The van der Waals surface area contributed by atoms with E-state index >= 15 is 0 Å². The predicted octanol–water partition coefficient (Wildman–Crippen LogP) is 6.72. The second-order valence-corrected chi connectivity index (χ2v) is 10.5. The van der Waals surface area contributed by atoms with Crippen molar-refractivity contribution < 1.29 is 28.6 Å². The standard InChI is InChI=1S/C37H40N2O6/c1-4-12-35(40)39(29-15-10-16-31(26-29)43-2)23-11-24-45-30-21-19-27(20-22-30)25-34(37(42)44-3)38-33-18-9-8-17-32(33)36(41)28-13-6-5-7-14-28/h5-10,13-22,26,34,38H,4,11-12,23-25H2,1-3H3. The third kappa shape index (κ3) is 9.19. The van der Waals surface area contributed by atoms with Crippen LogP contribution in [0.15, 0.2) is 103 Å². The lowest BCUT2D eigenvalue weighted by molar-refractivity contribution is -0.141. The van der Waals surface area contributed by atoms with Gasteiger partial charge in [-0.15, -0.1) is 0 Å². The van der Waals surface area contributed by atoms with E-state index in [1.807, 2.05) is 79.7 Å². The molecule has 0 heterocycles. The van der Waals surface area contributed by atoms with Crippen molar-refractivity contribution in [3.63, 3.8) is 0 Å². The van der Waals surface area contributed by atoms with Gasteiger partial charge in [0, 0.05) is 48.0 Å². The molecule has 4 aromatic carbocycles. The average Bonchev–Trinajstić information content (AvgIpc) is 3.08. The molecule has 0 saturated carbocycles. The van der Waals surface area contributed by atoms with E-state index in [1.165, 1.54) is 7.11 Å². The zero-order chi connectivity index (χ0) is 32.0. The molecule has 8 heteroatoms. The van der Waals surface area contributed by atoms with E-state index in [-0.39, 0.29) is 11.7 Å². The van der Waals surface area contributed by atoms with Crippen LogP contribution < -0.4 is 19.7 Å². The van der Waals surface area contributed by atoms with Gasteiger partial charge in [-0.3, -0.25) is 9.59 Å². The van der Waals surface area contributed by atoms with Gasteiger partial charge in [0.15, 0.2) is 5.78 Å². The SMILES string of the molecule is CCCC(=O)N(CCCOc1ccc(CC(Nc2ccccc2C(=O)c2ccccc2)C(=O)OC)cc1)c1cccc(OC)c1. The number of nitrogens with zero attached hydrogens (tertiary/aromatic N) is 1. The molecule has 234 valence electrons. The highest BCUT2D eigenvalue weighted by Crippen LogP contribution is 2.24. The highest BCUT2D eigenvalue weighted by Gasteiger charge is 2.23. The number of para-hydroxylation sites is 1. The Morgan fingerprint density at radius 2 is 1.56 bits per heavy atom. The van der Waals surface area contributed by atoms with Gasteiger partial charge in [0.1, 0.15) is 17.5 Å². The van der Waals surface area contributed by atoms with E-state index in [0.717, 1.165) is 17.7 Å². The van der Waals surface area contributed by atoms with Gasteiger partial charge in [0.25, 0.3) is 0 Å². The van der Waals surface area contributed by atoms with Crippen molar-refractivity contribution in [2.75, 3.05) is 37.6 Å². The topological polar surface area (TPSA) is 94.2 Å². The fraction of sp³-hybridized carbons (Fsp3) is 0.270. The zero-order valence-corrected chi connectivity index (χ0v) is 26.0. The van der Waals surface area contributed by atoms with E-state index in [9.17, 15) is 14.4 Å². The average molecular weight is 609 g/mol. The monoisotopic (exact) mass is 608 g/mol. The molecule has 0 aliphatic rings. The van der Waals surface area contributed by atoms with Gasteiger partial charge in [-0.1, -0.05) is 67.6 Å². The summed E-state index contributed by atoms with van der Waals surface area (Å²) in [5.74, 6) is 0.886. The quantitative estimate of drug-likeness (QED) is 0.0857. The molecular formula is C37H40N2O6. The summed E-state index contributed by atoms with van der Waals surface area (Å²) in [6.45, 7) is 2.94. The molecule has 0 radical (unpaired) electrons. The minimum atomic E-state index is -0.713. The van der Waals surface area contributed by atoms with E-state index in [4.69, 9.17) is 14.2 Å². The molecule has 4 aromatic rings. The Kier molecular flexibility index (Phi) is 12.1. The molecule has 0 saturated heterocycles. The molecule has 45 heavy (non-hydrogen) atoms. The number of amides is 1. The number of anilines is 2. The van der Waals surface area contributed by atoms with Crippen LogP contribution in [0, 0.1) is 0 Å². The van der Waals surface area contributed by atoms with E-state index in [1.54, 1.807) is 42.3 Å². The molecule has 4 rings (SSSR count). The van der Waals surface area contributed by atoms with Gasteiger partial charge in [-0.25, -0.2) is 4.79 Å². The van der Waals surface area contributed by atoms with Gasteiger partial charge in [-0.2, -0.15) is 0 Å². The van der Waals surface area contributed by atoms with Crippen molar-refractivity contribution in [3.8, 4) is 11.5 Å². The summed E-state index contributed by atoms with van der Waals surface area (Å²) in [5, 5.41) is 3.24. The van der Waals surface area contributed by atoms with Crippen molar-refractivity contribution in [2.24, 2.45) is 0 Å². The molecule has 0 bridgehead atoms. The minimum Gasteiger partial charge on any atom is -0.497 e. The maximum Gasteiger partial charge on any atom is 0.328 e. The number of methoxy groups -OCH3 is 2. The number of nitrogens with one attached hydrogen (secondary N) is 1. The van der Waals surface area contributed by atoms with Crippen LogP contribution in [0.25, 0.3) is 0 Å². The smallest absolute Gasteiger partial charge is 0.328 e. The van der Waals surface area contributed by atoms with Crippen molar-refractivity contribution in [3.05, 3.63) is 120 Å². The summed E-state index contributed by atoms with van der Waals surface area (Å²) < 4.78 is 16.4. The lowest BCUT2D eigenvalue weighted by Crippen LogP contribution is -2.33. The summed E-state index contributed by atoms with van der Waals surface area (Å²) in [6.07, 6.45) is 2.22. The number of carbonyl (C=O) groups is 3. The molecule has 0 aliphatic carbocycles. The molecule has 0 aliphatic heterocycles. The van der Waals surface area contributed by atoms with Gasteiger partial charge in [-0.05, 0) is 54.8 Å². The zero-order valence-electron chi connectivity index (χ0n) is 26.0. The van der Waals surface area contributed by atoms with Crippen LogP contribution in [-0.2, 0) is 20.7 Å². The Morgan fingerprint density at radius 3 is 2.27 bits per heavy atom. The Labute approximate surface area is 264 Å². The normalized spacial score (nSPS) is 11.3. The maximum absolute atomic E-state index is 13.2. The second-order valence-electron chi connectivity index (χ2n) is 10.5. The number of hydrogen-bond acceptors (Lipinski definition) is 7. The summed E-state index contributed by atoms with van der Waals surface area (Å²) in [5.41, 5.74) is 3.30. The summed E-state index contributed by atoms with van der Waals surface area (Å²) in [7, 11) is 2.96. The summed E-state index contributed by atoms with van der Waals surface area (Å²) in [6, 6.07) is 30.5. The molecule has 0 spiro atoms.